The fourth-order valence-electron chi connectivity index (χ4n) is 6.95. The molecule has 8 rings (SSSR count). The lowest BCUT2D eigenvalue weighted by Crippen LogP contribution is -2.11. The van der Waals surface area contributed by atoms with Gasteiger partial charge in [0.25, 0.3) is 0 Å². The molecule has 3 nitrogen and oxygen atoms in total. The van der Waals surface area contributed by atoms with Gasteiger partial charge in [0, 0.05) is 28.3 Å². The number of nitrogens with zero attached hydrogens (tertiary/aromatic N) is 2. The molecule has 0 bridgehead atoms. The zero-order valence-electron chi connectivity index (χ0n) is 30.5. The van der Waals surface area contributed by atoms with Gasteiger partial charge in [0.05, 0.1) is 15.9 Å². The maximum absolute atomic E-state index is 10.8. The second-order valence-electron chi connectivity index (χ2n) is 15.7. The number of hydrogen-bond acceptors (Lipinski definition) is 4. The number of rotatable bonds is 5. The zero-order valence-corrected chi connectivity index (χ0v) is 31.3. The highest BCUT2D eigenvalue weighted by Gasteiger charge is 2.22. The molecule has 0 aliphatic heterocycles. The molecule has 52 heavy (non-hydrogen) atoms. The molecule has 0 amide bonds. The number of benzene rings is 7. The molecule has 8 aromatic rings. The first-order valence-electron chi connectivity index (χ1n) is 17.9. The van der Waals surface area contributed by atoms with Crippen molar-refractivity contribution in [3.63, 3.8) is 0 Å². The van der Waals surface area contributed by atoms with Crippen molar-refractivity contribution in [1.29, 1.82) is 0 Å². The Morgan fingerprint density at radius 1 is 0.577 bits per heavy atom. The van der Waals surface area contributed by atoms with Crippen LogP contribution in [-0.4, -0.2) is 16.3 Å². The van der Waals surface area contributed by atoms with Crippen LogP contribution in [-0.2, 0) is 10.8 Å². The van der Waals surface area contributed by atoms with Gasteiger partial charge < -0.3 is 5.11 Å². The van der Waals surface area contributed by atoms with Gasteiger partial charge in [0.1, 0.15) is 10.8 Å². The molecule has 0 aliphatic rings. The Morgan fingerprint density at radius 3 is 1.98 bits per heavy atom. The Kier molecular flexibility index (Phi) is 8.31. The summed E-state index contributed by atoms with van der Waals surface area (Å²) in [6.45, 7) is 13.3. The van der Waals surface area contributed by atoms with Crippen molar-refractivity contribution in [2.24, 2.45) is 4.99 Å². The second-order valence-corrected chi connectivity index (χ2v) is 16.7. The van der Waals surface area contributed by atoms with Gasteiger partial charge in [0.15, 0.2) is 0 Å². The highest BCUT2D eigenvalue weighted by molar-refractivity contribution is 7.21. The van der Waals surface area contributed by atoms with Crippen LogP contribution in [0.1, 0.15) is 58.2 Å². The van der Waals surface area contributed by atoms with Gasteiger partial charge in [-0.15, -0.1) is 11.3 Å². The minimum Gasteiger partial charge on any atom is -0.507 e. The molecule has 1 heterocycles. The van der Waals surface area contributed by atoms with Crippen molar-refractivity contribution in [2.45, 2.75) is 52.4 Å². The molecule has 0 saturated carbocycles. The van der Waals surface area contributed by atoms with Gasteiger partial charge in [-0.2, -0.15) is 0 Å². The molecule has 256 valence electrons. The predicted molar refractivity (Wildman–Crippen MR) is 224 cm³/mol. The van der Waals surface area contributed by atoms with E-state index < -0.39 is 0 Å². The summed E-state index contributed by atoms with van der Waals surface area (Å²) in [6.07, 6.45) is 1.80. The lowest BCUT2D eigenvalue weighted by atomic mass is 9.85. The van der Waals surface area contributed by atoms with Crippen LogP contribution in [0.25, 0.3) is 64.6 Å². The van der Waals surface area contributed by atoms with E-state index in [-0.39, 0.29) is 16.6 Å². The van der Waals surface area contributed by atoms with Crippen molar-refractivity contribution >= 4 is 55.0 Å². The van der Waals surface area contributed by atoms with Crippen molar-refractivity contribution in [3.8, 4) is 38.6 Å². The quantitative estimate of drug-likeness (QED) is 0.182. The second kappa shape index (κ2) is 12.9. The molecular formula is C48H42N2OS. The van der Waals surface area contributed by atoms with E-state index in [2.05, 4.69) is 157 Å². The number of aromatic hydroxyl groups is 1. The molecule has 0 aliphatic carbocycles. The molecule has 0 fully saturated rings. The van der Waals surface area contributed by atoms with Gasteiger partial charge in [-0.05, 0) is 91.2 Å². The van der Waals surface area contributed by atoms with Crippen molar-refractivity contribution in [3.05, 3.63) is 150 Å². The van der Waals surface area contributed by atoms with E-state index in [9.17, 15) is 5.11 Å². The number of fused-ring (bicyclic) bond motifs is 3. The Balaban J connectivity index is 1.31. The maximum Gasteiger partial charge on any atom is 0.126 e. The summed E-state index contributed by atoms with van der Waals surface area (Å²) < 4.78 is 1.15. The number of thiazole rings is 1. The molecule has 0 unspecified atom stereocenters. The number of aromatic nitrogens is 1. The smallest absolute Gasteiger partial charge is 0.126 e. The van der Waals surface area contributed by atoms with Crippen LogP contribution in [0.5, 0.6) is 5.75 Å². The Morgan fingerprint density at radius 2 is 1.23 bits per heavy atom. The standard InChI is InChI=1S/C48H42N2OS/c1-47(2,3)35-22-24-42(51)34(26-35)29-49-44-39-19-10-8-14-31(39)21-23-40(44)46-50-45-41(27-36(48(4,5)6)28-43(45)52-46)33-17-11-16-32(25-33)38-20-12-15-30-13-7-9-18-37(30)38/h7-29,51H,1-6H3. The van der Waals surface area contributed by atoms with E-state index in [1.807, 2.05) is 12.1 Å². The predicted octanol–water partition coefficient (Wildman–Crippen LogP) is 13.7. The molecule has 1 N–H and O–H groups in total. The van der Waals surface area contributed by atoms with E-state index in [4.69, 9.17) is 9.98 Å². The van der Waals surface area contributed by atoms with Gasteiger partial charge in [-0.25, -0.2) is 4.98 Å². The minimum absolute atomic E-state index is 0.0532. The summed E-state index contributed by atoms with van der Waals surface area (Å²) >= 11 is 1.71. The average molecular weight is 695 g/mol. The third kappa shape index (κ3) is 6.29. The largest absolute Gasteiger partial charge is 0.507 e. The molecule has 0 radical (unpaired) electrons. The molecule has 0 saturated heterocycles. The van der Waals surface area contributed by atoms with Crippen LogP contribution in [0.2, 0.25) is 0 Å². The SMILES string of the molecule is CC(C)(C)c1ccc(O)c(C=Nc2c(-c3nc4c(-c5cccc(-c6cccc7ccccc67)c5)cc(C(C)(C)C)cc4s3)ccc3ccccc23)c1. The lowest BCUT2D eigenvalue weighted by molar-refractivity contribution is 0.473. The van der Waals surface area contributed by atoms with Crippen LogP contribution < -0.4 is 0 Å². The molecule has 4 heteroatoms. The zero-order chi connectivity index (χ0) is 36.2. The fraction of sp³-hybridized carbons (Fsp3) is 0.167. The van der Waals surface area contributed by atoms with Gasteiger partial charge in [0.2, 0.25) is 0 Å². The van der Waals surface area contributed by atoms with Crippen LogP contribution in [0.3, 0.4) is 0 Å². The van der Waals surface area contributed by atoms with Crippen LogP contribution in [0.4, 0.5) is 5.69 Å². The Labute approximate surface area is 310 Å². The van der Waals surface area contributed by atoms with Crippen LogP contribution >= 0.6 is 11.3 Å². The Hall–Kier alpha value is -5.58. The van der Waals surface area contributed by atoms with Gasteiger partial charge >= 0.3 is 0 Å². The van der Waals surface area contributed by atoms with Crippen molar-refractivity contribution < 1.29 is 5.11 Å². The summed E-state index contributed by atoms with van der Waals surface area (Å²) in [7, 11) is 0. The molecule has 0 atom stereocenters. The molecule has 1 aromatic heterocycles. The number of phenolic OH excluding ortho intramolecular Hbond substituents is 1. The third-order valence-corrected chi connectivity index (χ3v) is 11.0. The van der Waals surface area contributed by atoms with Crippen molar-refractivity contribution in [1.82, 2.24) is 4.98 Å². The van der Waals surface area contributed by atoms with Crippen molar-refractivity contribution in [2.75, 3.05) is 0 Å². The topological polar surface area (TPSA) is 45.5 Å². The summed E-state index contributed by atoms with van der Waals surface area (Å²) in [5.74, 6) is 0.212. The fourth-order valence-corrected chi connectivity index (χ4v) is 8.01. The number of phenols is 1. The first-order valence-corrected chi connectivity index (χ1v) is 18.7. The monoisotopic (exact) mass is 694 g/mol. The molecule has 7 aromatic carbocycles. The maximum atomic E-state index is 10.8. The van der Waals surface area contributed by atoms with Crippen LogP contribution in [0.15, 0.2) is 138 Å². The third-order valence-electron chi connectivity index (χ3n) is 9.99. The summed E-state index contributed by atoms with van der Waals surface area (Å²) in [5.41, 5.74) is 10.5. The van der Waals surface area contributed by atoms with E-state index in [0.29, 0.717) is 5.56 Å². The summed E-state index contributed by atoms with van der Waals surface area (Å²) in [4.78, 5) is 10.5. The Bertz CT molecular complexity index is 2660. The normalized spacial score (nSPS) is 12.4. The molecular weight excluding hydrogens is 653 g/mol. The summed E-state index contributed by atoms with van der Waals surface area (Å²) in [6, 6.07) is 47.1. The highest BCUT2D eigenvalue weighted by Crippen LogP contribution is 2.44. The van der Waals surface area contributed by atoms with E-state index >= 15 is 0 Å². The van der Waals surface area contributed by atoms with Gasteiger partial charge in [-0.3, -0.25) is 4.99 Å². The first-order chi connectivity index (χ1) is 24.9. The highest BCUT2D eigenvalue weighted by atomic mass is 32.1. The summed E-state index contributed by atoms with van der Waals surface area (Å²) in [5, 5.41) is 16.4. The van der Waals surface area contributed by atoms with E-state index in [1.165, 1.54) is 27.5 Å². The van der Waals surface area contributed by atoms with Crippen LogP contribution in [0, 0.1) is 0 Å². The number of aliphatic imine (C=N–C) groups is 1. The lowest BCUT2D eigenvalue weighted by Gasteiger charge is -2.20. The van der Waals surface area contributed by atoms with E-state index in [1.54, 1.807) is 23.6 Å². The average Bonchev–Trinajstić information content (AvgIpc) is 3.57. The first kappa shape index (κ1) is 33.6. The number of hydrogen-bond donors (Lipinski definition) is 1. The van der Waals surface area contributed by atoms with Gasteiger partial charge in [-0.1, -0.05) is 139 Å². The minimum atomic E-state index is -0.0556. The van der Waals surface area contributed by atoms with E-state index in [0.717, 1.165) is 53.9 Å². The molecule has 0 spiro atoms.